The van der Waals surface area contributed by atoms with Crippen molar-refractivity contribution >= 4 is 27.5 Å². The van der Waals surface area contributed by atoms with E-state index in [-0.39, 0.29) is 30.8 Å². The van der Waals surface area contributed by atoms with Gasteiger partial charge in [-0.2, -0.15) is 0 Å². The number of carbonyl (C=O) groups is 1. The zero-order valence-electron chi connectivity index (χ0n) is 11.1. The summed E-state index contributed by atoms with van der Waals surface area (Å²) < 4.78 is 11.9. The molecule has 0 spiro atoms. The number of benzene rings is 1. The van der Waals surface area contributed by atoms with Crippen LogP contribution in [0.5, 0.6) is 0 Å². The fourth-order valence-electron chi connectivity index (χ4n) is 2.91. The van der Waals surface area contributed by atoms with Gasteiger partial charge in [-0.05, 0) is 12.1 Å². The van der Waals surface area contributed by atoms with Crippen LogP contribution >= 0.6 is 11.3 Å². The van der Waals surface area contributed by atoms with Crippen molar-refractivity contribution in [3.63, 3.8) is 0 Å². The molecule has 0 unspecified atom stereocenters. The predicted octanol–water partition coefficient (Wildman–Crippen LogP) is 0.553. The highest BCUT2D eigenvalue weighted by Gasteiger charge is 2.47. The van der Waals surface area contributed by atoms with E-state index in [4.69, 9.17) is 9.47 Å². The smallest absolute Gasteiger partial charge is 0.253 e. The van der Waals surface area contributed by atoms with Crippen LogP contribution in [-0.2, 0) is 9.47 Å². The summed E-state index contributed by atoms with van der Waals surface area (Å²) >= 11 is 1.45. The number of rotatable bonds is 2. The number of amides is 1. The Bertz CT molecular complexity index is 688. The number of carbonyl (C=O) groups excluding carboxylic acids is 1. The van der Waals surface area contributed by atoms with E-state index in [1.54, 1.807) is 11.6 Å². The number of nitrogens with one attached hydrogen (secondary N) is 1. The minimum Gasteiger partial charge on any atom is -0.388 e. The lowest BCUT2D eigenvalue weighted by Gasteiger charge is -2.17. The number of fused-ring (bicyclic) bond motifs is 2. The first-order valence-electron chi connectivity index (χ1n) is 6.78. The molecule has 0 aliphatic carbocycles. The Kier molecular flexibility index (Phi) is 3.15. The van der Waals surface area contributed by atoms with E-state index in [1.807, 2.05) is 12.1 Å². The Morgan fingerprint density at radius 2 is 2.19 bits per heavy atom. The molecule has 2 aliphatic rings. The van der Waals surface area contributed by atoms with Gasteiger partial charge in [0.15, 0.2) is 0 Å². The monoisotopic (exact) mass is 306 g/mol. The highest BCUT2D eigenvalue weighted by molar-refractivity contribution is 7.17. The van der Waals surface area contributed by atoms with Gasteiger partial charge in [-0.25, -0.2) is 4.98 Å². The van der Waals surface area contributed by atoms with Crippen LogP contribution in [0.4, 0.5) is 0 Å². The summed E-state index contributed by atoms with van der Waals surface area (Å²) in [5.41, 5.74) is 3.16. The molecule has 2 aliphatic heterocycles. The molecule has 7 heteroatoms. The molecule has 2 N–H and O–H groups in total. The molecular weight excluding hydrogens is 292 g/mol. The van der Waals surface area contributed by atoms with Crippen molar-refractivity contribution in [1.29, 1.82) is 0 Å². The van der Waals surface area contributed by atoms with E-state index in [1.165, 1.54) is 11.3 Å². The van der Waals surface area contributed by atoms with Gasteiger partial charge in [0.2, 0.25) is 0 Å². The van der Waals surface area contributed by atoms with Crippen LogP contribution in [-0.4, -0.2) is 53.6 Å². The van der Waals surface area contributed by atoms with Crippen LogP contribution in [0.25, 0.3) is 10.2 Å². The van der Waals surface area contributed by atoms with Crippen molar-refractivity contribution in [3.8, 4) is 0 Å². The van der Waals surface area contributed by atoms with Gasteiger partial charge in [0.25, 0.3) is 5.91 Å². The molecule has 2 fully saturated rings. The fraction of sp³-hybridized carbons (Fsp3) is 0.429. The summed E-state index contributed by atoms with van der Waals surface area (Å²) in [5, 5.41) is 12.7. The molecule has 2 saturated heterocycles. The van der Waals surface area contributed by atoms with Crippen LogP contribution in [0, 0.1) is 0 Å². The molecule has 3 heterocycles. The number of aromatic nitrogens is 1. The molecule has 0 saturated carbocycles. The number of thiazole rings is 1. The lowest BCUT2D eigenvalue weighted by Crippen LogP contribution is -2.44. The second kappa shape index (κ2) is 5.03. The summed E-state index contributed by atoms with van der Waals surface area (Å²) in [6.07, 6.45) is -1.22. The summed E-state index contributed by atoms with van der Waals surface area (Å²) in [7, 11) is 0. The topological polar surface area (TPSA) is 80.7 Å². The third-order valence-electron chi connectivity index (χ3n) is 3.94. The minimum atomic E-state index is -0.609. The number of aliphatic hydroxyl groups is 1. The van der Waals surface area contributed by atoms with Gasteiger partial charge in [-0.15, -0.1) is 11.3 Å². The van der Waals surface area contributed by atoms with E-state index < -0.39 is 6.10 Å². The summed E-state index contributed by atoms with van der Waals surface area (Å²) in [4.78, 5) is 16.7. The second-order valence-corrected chi connectivity index (χ2v) is 6.10. The van der Waals surface area contributed by atoms with E-state index in [2.05, 4.69) is 10.3 Å². The molecular formula is C14H14N2O4S. The van der Waals surface area contributed by atoms with Gasteiger partial charge >= 0.3 is 0 Å². The Morgan fingerprint density at radius 1 is 1.33 bits per heavy atom. The Labute approximate surface area is 124 Å². The Balaban J connectivity index is 1.55. The quantitative estimate of drug-likeness (QED) is 0.847. The van der Waals surface area contributed by atoms with E-state index in [0.29, 0.717) is 12.2 Å². The minimum absolute atomic E-state index is 0.163. The third-order valence-corrected chi connectivity index (χ3v) is 4.82. The summed E-state index contributed by atoms with van der Waals surface area (Å²) in [5.74, 6) is -0.163. The summed E-state index contributed by atoms with van der Waals surface area (Å²) in [6.45, 7) is 0.614. The average Bonchev–Trinajstić information content (AvgIpc) is 3.17. The van der Waals surface area contributed by atoms with Gasteiger partial charge in [-0.3, -0.25) is 4.79 Å². The molecule has 1 amide bonds. The van der Waals surface area contributed by atoms with Crippen molar-refractivity contribution in [2.45, 2.75) is 24.4 Å². The van der Waals surface area contributed by atoms with Crippen molar-refractivity contribution in [1.82, 2.24) is 10.3 Å². The normalized spacial score (nSPS) is 31.5. The predicted molar refractivity (Wildman–Crippen MR) is 76.4 cm³/mol. The lowest BCUT2D eigenvalue weighted by molar-refractivity contribution is 0.0178. The third kappa shape index (κ3) is 2.13. The number of aliphatic hydroxyl groups excluding tert-OH is 1. The van der Waals surface area contributed by atoms with Crippen molar-refractivity contribution < 1.29 is 19.4 Å². The fourth-order valence-corrected chi connectivity index (χ4v) is 3.71. The second-order valence-electron chi connectivity index (χ2n) is 5.25. The van der Waals surface area contributed by atoms with E-state index in [0.717, 1.165) is 10.2 Å². The molecule has 0 radical (unpaired) electrons. The first kappa shape index (κ1) is 13.1. The molecule has 1 aromatic heterocycles. The largest absolute Gasteiger partial charge is 0.388 e. The van der Waals surface area contributed by atoms with Crippen molar-refractivity contribution in [3.05, 3.63) is 29.3 Å². The number of hydrogen-bond acceptors (Lipinski definition) is 6. The highest BCUT2D eigenvalue weighted by atomic mass is 32.1. The van der Waals surface area contributed by atoms with Crippen LogP contribution in [0.3, 0.4) is 0 Å². The molecule has 0 bridgehead atoms. The molecule has 2 aromatic rings. The first-order valence-corrected chi connectivity index (χ1v) is 7.66. The van der Waals surface area contributed by atoms with Gasteiger partial charge in [0, 0.05) is 0 Å². The highest BCUT2D eigenvalue weighted by Crippen LogP contribution is 2.28. The molecule has 4 rings (SSSR count). The molecule has 110 valence electrons. The maximum atomic E-state index is 12.5. The number of nitrogens with zero attached hydrogens (tertiary/aromatic N) is 1. The molecule has 21 heavy (non-hydrogen) atoms. The maximum absolute atomic E-state index is 12.5. The molecule has 6 nitrogen and oxygen atoms in total. The Morgan fingerprint density at radius 3 is 3.10 bits per heavy atom. The summed E-state index contributed by atoms with van der Waals surface area (Å²) in [6, 6.07) is 5.25. The van der Waals surface area contributed by atoms with Crippen LogP contribution in [0.1, 0.15) is 10.4 Å². The molecule has 4 atom stereocenters. The van der Waals surface area contributed by atoms with Gasteiger partial charge < -0.3 is 19.9 Å². The number of hydrogen-bond donors (Lipinski definition) is 2. The van der Waals surface area contributed by atoms with Gasteiger partial charge in [-0.1, -0.05) is 6.07 Å². The van der Waals surface area contributed by atoms with Crippen LogP contribution < -0.4 is 5.32 Å². The Hall–Kier alpha value is -1.54. The zero-order chi connectivity index (χ0) is 14.4. The zero-order valence-corrected chi connectivity index (χ0v) is 11.9. The average molecular weight is 306 g/mol. The van der Waals surface area contributed by atoms with Gasteiger partial charge in [0.1, 0.15) is 18.3 Å². The van der Waals surface area contributed by atoms with Crippen molar-refractivity contribution in [2.75, 3.05) is 13.2 Å². The standard InChI is InChI=1S/C14H14N2O4S/c17-10-5-20-11-9(4-19-12(10)11)16-14(18)7-2-1-3-8-13(7)21-6-15-8/h1-3,6,9-12,17H,4-5H2,(H,16,18)/t9-,10+,11+,12+/m0/s1. The number of ether oxygens (including phenoxy) is 2. The van der Waals surface area contributed by atoms with Crippen LogP contribution in [0.2, 0.25) is 0 Å². The van der Waals surface area contributed by atoms with Crippen LogP contribution in [0.15, 0.2) is 23.7 Å². The first-order chi connectivity index (χ1) is 10.2. The molecule has 1 aromatic carbocycles. The van der Waals surface area contributed by atoms with Crippen molar-refractivity contribution in [2.24, 2.45) is 0 Å². The SMILES string of the molecule is O=C(N[C@H]1CO[C@H]2[C@@H]1OC[C@H]2O)c1cccc2ncsc12. The van der Waals surface area contributed by atoms with E-state index in [9.17, 15) is 9.90 Å². The lowest BCUT2D eigenvalue weighted by atomic mass is 10.1. The van der Waals surface area contributed by atoms with E-state index >= 15 is 0 Å². The maximum Gasteiger partial charge on any atom is 0.253 e. The van der Waals surface area contributed by atoms with Gasteiger partial charge in [0.05, 0.1) is 40.5 Å².